The molecule has 108 valence electrons. The minimum Gasteiger partial charge on any atom is -0.489 e. The Hall–Kier alpha value is -1.54. The van der Waals surface area contributed by atoms with Gasteiger partial charge in [0.1, 0.15) is 12.4 Å². The fraction of sp³-hybridized carbons (Fsp3) is 0.444. The monoisotopic (exact) mass is 271 g/mol. The number of nitrogens with two attached hydrogens (primary N) is 1. The van der Waals surface area contributed by atoms with Crippen LogP contribution in [0.25, 0.3) is 0 Å². The molecule has 0 saturated carbocycles. The van der Waals surface area contributed by atoms with Gasteiger partial charge < -0.3 is 10.5 Å². The summed E-state index contributed by atoms with van der Waals surface area (Å²) in [4.78, 5) is 0. The Bertz CT molecular complexity index is 506. The van der Waals surface area contributed by atoms with Crippen LogP contribution in [0.15, 0.2) is 53.1 Å². The molecule has 20 heavy (non-hydrogen) atoms. The Morgan fingerprint density at radius 3 is 2.40 bits per heavy atom. The lowest BCUT2D eigenvalue weighted by molar-refractivity contribution is 0.351. The van der Waals surface area contributed by atoms with Gasteiger partial charge in [-0.1, -0.05) is 50.6 Å². The minimum atomic E-state index is 0.220. The van der Waals surface area contributed by atoms with Crippen LogP contribution < -0.4 is 10.5 Å². The number of allylic oxidation sites excluding steroid dienone is 1. The van der Waals surface area contributed by atoms with Gasteiger partial charge in [-0.25, -0.2) is 0 Å². The SMILES string of the molecule is CC(C)(C)C1=CC(COc2ccccc2)=C(CN)CC1. The first-order chi connectivity index (χ1) is 9.50. The largest absolute Gasteiger partial charge is 0.489 e. The molecular formula is C18H25NO. The number of hydrogen-bond acceptors (Lipinski definition) is 2. The third-order valence-electron chi connectivity index (χ3n) is 3.85. The van der Waals surface area contributed by atoms with Crippen LogP contribution in [0.3, 0.4) is 0 Å². The lowest BCUT2D eigenvalue weighted by Gasteiger charge is -2.28. The summed E-state index contributed by atoms with van der Waals surface area (Å²) >= 11 is 0. The molecule has 0 saturated heterocycles. The topological polar surface area (TPSA) is 35.2 Å². The highest BCUT2D eigenvalue weighted by molar-refractivity contribution is 5.37. The normalized spacial score (nSPS) is 16.1. The fourth-order valence-electron chi connectivity index (χ4n) is 2.48. The standard InChI is InChI=1S/C18H25NO/c1-18(2,3)16-10-9-14(12-19)15(11-16)13-20-17-7-5-4-6-8-17/h4-8,11H,9-10,12-13,19H2,1-3H3. The molecule has 1 aromatic rings. The van der Waals surface area contributed by atoms with Crippen molar-refractivity contribution < 1.29 is 4.74 Å². The first-order valence-electron chi connectivity index (χ1n) is 7.30. The highest BCUT2D eigenvalue weighted by atomic mass is 16.5. The van der Waals surface area contributed by atoms with Crippen molar-refractivity contribution in [2.45, 2.75) is 33.6 Å². The van der Waals surface area contributed by atoms with E-state index < -0.39 is 0 Å². The smallest absolute Gasteiger partial charge is 0.119 e. The lowest BCUT2D eigenvalue weighted by Crippen LogP contribution is -2.18. The Labute approximate surface area is 122 Å². The van der Waals surface area contributed by atoms with Crippen LogP contribution in [-0.2, 0) is 0 Å². The molecule has 0 unspecified atom stereocenters. The number of para-hydroxylation sites is 1. The first kappa shape index (κ1) is 14.9. The molecule has 0 heterocycles. The van der Waals surface area contributed by atoms with Crippen molar-refractivity contribution in [1.29, 1.82) is 0 Å². The Morgan fingerprint density at radius 1 is 1.10 bits per heavy atom. The van der Waals surface area contributed by atoms with E-state index in [1.165, 1.54) is 16.7 Å². The maximum Gasteiger partial charge on any atom is 0.119 e. The molecule has 2 heteroatoms. The van der Waals surface area contributed by atoms with Crippen molar-refractivity contribution in [2.24, 2.45) is 11.1 Å². The molecule has 1 aliphatic rings. The predicted molar refractivity (Wildman–Crippen MR) is 84.8 cm³/mol. The van der Waals surface area contributed by atoms with Crippen LogP contribution in [0.5, 0.6) is 5.75 Å². The van der Waals surface area contributed by atoms with Gasteiger partial charge in [-0.05, 0) is 41.5 Å². The molecule has 0 bridgehead atoms. The Morgan fingerprint density at radius 2 is 1.80 bits per heavy atom. The van der Waals surface area contributed by atoms with Crippen LogP contribution in [0.4, 0.5) is 0 Å². The fourth-order valence-corrected chi connectivity index (χ4v) is 2.48. The quantitative estimate of drug-likeness (QED) is 0.895. The van der Waals surface area contributed by atoms with Gasteiger partial charge in [0.05, 0.1) is 0 Å². The highest BCUT2D eigenvalue weighted by Gasteiger charge is 2.21. The first-order valence-corrected chi connectivity index (χ1v) is 7.30. The molecule has 0 atom stereocenters. The van der Waals surface area contributed by atoms with E-state index in [9.17, 15) is 0 Å². The zero-order valence-electron chi connectivity index (χ0n) is 12.8. The van der Waals surface area contributed by atoms with E-state index in [2.05, 4.69) is 26.8 Å². The Kier molecular flexibility index (Phi) is 4.66. The van der Waals surface area contributed by atoms with Gasteiger partial charge in [-0.15, -0.1) is 0 Å². The van der Waals surface area contributed by atoms with E-state index in [0.29, 0.717) is 13.2 Å². The molecule has 2 rings (SSSR count). The van der Waals surface area contributed by atoms with Crippen LogP contribution in [0.1, 0.15) is 33.6 Å². The zero-order chi connectivity index (χ0) is 14.6. The van der Waals surface area contributed by atoms with Gasteiger partial charge in [-0.3, -0.25) is 0 Å². The minimum absolute atomic E-state index is 0.220. The highest BCUT2D eigenvalue weighted by Crippen LogP contribution is 2.35. The molecule has 2 N–H and O–H groups in total. The average Bonchev–Trinajstić information content (AvgIpc) is 2.45. The third-order valence-corrected chi connectivity index (χ3v) is 3.85. The van der Waals surface area contributed by atoms with Gasteiger partial charge in [0.25, 0.3) is 0 Å². The summed E-state index contributed by atoms with van der Waals surface area (Å²) in [5, 5.41) is 0. The van der Waals surface area contributed by atoms with Crippen LogP contribution in [-0.4, -0.2) is 13.2 Å². The van der Waals surface area contributed by atoms with E-state index in [4.69, 9.17) is 10.5 Å². The summed E-state index contributed by atoms with van der Waals surface area (Å²) < 4.78 is 5.88. The van der Waals surface area contributed by atoms with Crippen LogP contribution in [0, 0.1) is 5.41 Å². The Balaban J connectivity index is 2.14. The number of hydrogen-bond donors (Lipinski definition) is 1. The molecule has 0 aromatic heterocycles. The maximum atomic E-state index is 5.88. The summed E-state index contributed by atoms with van der Waals surface area (Å²) in [6.45, 7) is 8.03. The summed E-state index contributed by atoms with van der Waals surface area (Å²) in [6, 6.07) is 9.95. The molecule has 0 spiro atoms. The van der Waals surface area contributed by atoms with Crippen LogP contribution in [0.2, 0.25) is 0 Å². The third kappa shape index (κ3) is 3.73. The van der Waals surface area contributed by atoms with Gasteiger partial charge in [0.2, 0.25) is 0 Å². The van der Waals surface area contributed by atoms with E-state index in [-0.39, 0.29) is 5.41 Å². The van der Waals surface area contributed by atoms with Crippen molar-refractivity contribution in [3.63, 3.8) is 0 Å². The van der Waals surface area contributed by atoms with Gasteiger partial charge in [0, 0.05) is 6.54 Å². The zero-order valence-corrected chi connectivity index (χ0v) is 12.8. The van der Waals surface area contributed by atoms with Crippen LogP contribution >= 0.6 is 0 Å². The molecule has 0 aliphatic heterocycles. The summed E-state index contributed by atoms with van der Waals surface area (Å²) in [6.07, 6.45) is 4.48. The summed E-state index contributed by atoms with van der Waals surface area (Å²) in [5.41, 5.74) is 10.2. The van der Waals surface area contributed by atoms with E-state index in [0.717, 1.165) is 18.6 Å². The van der Waals surface area contributed by atoms with Crippen molar-refractivity contribution in [3.05, 3.63) is 53.1 Å². The van der Waals surface area contributed by atoms with E-state index in [1.807, 2.05) is 30.3 Å². The number of ether oxygens (including phenoxy) is 1. The van der Waals surface area contributed by atoms with E-state index in [1.54, 1.807) is 0 Å². The molecule has 2 nitrogen and oxygen atoms in total. The maximum absolute atomic E-state index is 5.88. The van der Waals surface area contributed by atoms with E-state index >= 15 is 0 Å². The second-order valence-electron chi connectivity index (χ2n) is 6.35. The summed E-state index contributed by atoms with van der Waals surface area (Å²) in [7, 11) is 0. The molecule has 0 amide bonds. The number of rotatable bonds is 4. The second kappa shape index (κ2) is 6.27. The molecular weight excluding hydrogens is 246 g/mol. The van der Waals surface area contributed by atoms with Crippen molar-refractivity contribution in [1.82, 2.24) is 0 Å². The predicted octanol–water partition coefficient (Wildman–Crippen LogP) is 4.09. The van der Waals surface area contributed by atoms with Gasteiger partial charge in [-0.2, -0.15) is 0 Å². The molecule has 1 aliphatic carbocycles. The van der Waals surface area contributed by atoms with Gasteiger partial charge >= 0.3 is 0 Å². The number of benzene rings is 1. The molecule has 0 radical (unpaired) electrons. The van der Waals surface area contributed by atoms with Gasteiger partial charge in [0.15, 0.2) is 0 Å². The average molecular weight is 271 g/mol. The van der Waals surface area contributed by atoms with Crippen molar-refractivity contribution in [3.8, 4) is 5.75 Å². The molecule has 1 aromatic carbocycles. The molecule has 0 fully saturated rings. The summed E-state index contributed by atoms with van der Waals surface area (Å²) in [5.74, 6) is 0.910. The second-order valence-corrected chi connectivity index (χ2v) is 6.35. The van der Waals surface area contributed by atoms with Crippen molar-refractivity contribution >= 4 is 0 Å². The lowest BCUT2D eigenvalue weighted by atomic mass is 9.78. The van der Waals surface area contributed by atoms with Crippen molar-refractivity contribution in [2.75, 3.05) is 13.2 Å².